The molecule has 1 aromatic carbocycles. The zero-order valence-electron chi connectivity index (χ0n) is 10.4. The number of halogens is 1. The van der Waals surface area contributed by atoms with Crippen molar-refractivity contribution in [3.63, 3.8) is 0 Å². The van der Waals surface area contributed by atoms with Crippen LogP contribution in [0, 0.1) is 5.82 Å². The van der Waals surface area contributed by atoms with Crippen LogP contribution < -0.4 is 5.32 Å². The van der Waals surface area contributed by atoms with Gasteiger partial charge in [0.1, 0.15) is 5.82 Å². The summed E-state index contributed by atoms with van der Waals surface area (Å²) < 4.78 is 12.7. The number of amides is 1. The van der Waals surface area contributed by atoms with E-state index >= 15 is 0 Å². The predicted octanol–water partition coefficient (Wildman–Crippen LogP) is 2.20. The van der Waals surface area contributed by atoms with Crippen LogP contribution in [0.4, 0.5) is 4.39 Å². The van der Waals surface area contributed by atoms with Crippen molar-refractivity contribution >= 4 is 11.9 Å². The first kappa shape index (κ1) is 14.2. The predicted molar refractivity (Wildman–Crippen MR) is 64.8 cm³/mol. The van der Waals surface area contributed by atoms with Gasteiger partial charge in [0, 0.05) is 11.1 Å². The highest BCUT2D eigenvalue weighted by Crippen LogP contribution is 2.15. The molecule has 0 radical (unpaired) electrons. The highest BCUT2D eigenvalue weighted by atomic mass is 19.1. The molecule has 0 aromatic heterocycles. The standard InChI is InChI=1S/C13H16FNO3/c1-3-13(2,8-11(16)17)15-12(18)9-4-6-10(14)7-5-9/h4-7H,3,8H2,1-2H3,(H,15,18)(H,16,17). The van der Waals surface area contributed by atoms with Gasteiger partial charge in [0.25, 0.3) is 5.91 Å². The van der Waals surface area contributed by atoms with Crippen LogP contribution in [-0.2, 0) is 4.79 Å². The van der Waals surface area contributed by atoms with E-state index in [4.69, 9.17) is 5.11 Å². The molecular weight excluding hydrogens is 237 g/mol. The Balaban J connectivity index is 2.79. The molecule has 18 heavy (non-hydrogen) atoms. The smallest absolute Gasteiger partial charge is 0.305 e. The Morgan fingerprint density at radius 2 is 1.89 bits per heavy atom. The maximum atomic E-state index is 12.7. The molecule has 0 bridgehead atoms. The van der Waals surface area contributed by atoms with Crippen LogP contribution in [0.25, 0.3) is 0 Å². The van der Waals surface area contributed by atoms with Crippen molar-refractivity contribution in [3.8, 4) is 0 Å². The highest BCUT2D eigenvalue weighted by Gasteiger charge is 2.27. The van der Waals surface area contributed by atoms with Gasteiger partial charge in [-0.25, -0.2) is 4.39 Å². The van der Waals surface area contributed by atoms with Crippen LogP contribution in [0.3, 0.4) is 0 Å². The second-order valence-corrected chi connectivity index (χ2v) is 4.45. The number of hydrogen-bond acceptors (Lipinski definition) is 2. The molecule has 0 aliphatic carbocycles. The van der Waals surface area contributed by atoms with Crippen LogP contribution in [-0.4, -0.2) is 22.5 Å². The summed E-state index contributed by atoms with van der Waals surface area (Å²) in [5.74, 6) is -1.80. The van der Waals surface area contributed by atoms with Crippen LogP contribution in [0.1, 0.15) is 37.0 Å². The van der Waals surface area contributed by atoms with Crippen LogP contribution >= 0.6 is 0 Å². The molecule has 2 N–H and O–H groups in total. The Kier molecular flexibility index (Phi) is 4.42. The summed E-state index contributed by atoms with van der Waals surface area (Å²) in [4.78, 5) is 22.6. The number of benzene rings is 1. The summed E-state index contributed by atoms with van der Waals surface area (Å²) in [6, 6.07) is 5.10. The number of rotatable bonds is 5. The molecule has 0 aliphatic heterocycles. The van der Waals surface area contributed by atoms with E-state index in [-0.39, 0.29) is 6.42 Å². The molecule has 98 valence electrons. The minimum Gasteiger partial charge on any atom is -0.481 e. The summed E-state index contributed by atoms with van der Waals surface area (Å²) in [7, 11) is 0. The van der Waals surface area contributed by atoms with E-state index in [1.807, 2.05) is 0 Å². The molecule has 0 aliphatic rings. The van der Waals surface area contributed by atoms with Crippen molar-refractivity contribution < 1.29 is 19.1 Å². The van der Waals surface area contributed by atoms with Crippen molar-refractivity contribution in [3.05, 3.63) is 35.6 Å². The topological polar surface area (TPSA) is 66.4 Å². The van der Waals surface area contributed by atoms with E-state index in [2.05, 4.69) is 5.32 Å². The first-order valence-electron chi connectivity index (χ1n) is 5.66. The van der Waals surface area contributed by atoms with Gasteiger partial charge < -0.3 is 10.4 Å². The molecule has 1 amide bonds. The van der Waals surface area contributed by atoms with Gasteiger partial charge in [-0.05, 0) is 37.6 Å². The molecule has 0 saturated heterocycles. The number of carbonyl (C=O) groups is 2. The normalized spacial score (nSPS) is 13.7. The highest BCUT2D eigenvalue weighted by molar-refractivity contribution is 5.94. The molecule has 0 spiro atoms. The number of hydrogen-bond donors (Lipinski definition) is 2. The molecule has 0 heterocycles. The van der Waals surface area contributed by atoms with E-state index in [0.29, 0.717) is 12.0 Å². The lowest BCUT2D eigenvalue weighted by molar-refractivity contribution is -0.138. The number of carbonyl (C=O) groups excluding carboxylic acids is 1. The van der Waals surface area contributed by atoms with E-state index < -0.39 is 23.2 Å². The molecule has 0 fully saturated rings. The molecule has 1 atom stereocenters. The van der Waals surface area contributed by atoms with Gasteiger partial charge in [-0.1, -0.05) is 6.92 Å². The SMILES string of the molecule is CCC(C)(CC(=O)O)NC(=O)c1ccc(F)cc1. The van der Waals surface area contributed by atoms with Crippen LogP contribution in [0.2, 0.25) is 0 Å². The van der Waals surface area contributed by atoms with E-state index in [9.17, 15) is 14.0 Å². The number of carboxylic acid groups (broad SMARTS) is 1. The third kappa shape index (κ3) is 3.84. The first-order chi connectivity index (χ1) is 8.36. The molecule has 5 heteroatoms. The zero-order chi connectivity index (χ0) is 13.8. The summed E-state index contributed by atoms with van der Waals surface area (Å²) in [5, 5.41) is 11.5. The Morgan fingerprint density at radius 3 is 2.33 bits per heavy atom. The van der Waals surface area contributed by atoms with Gasteiger partial charge in [0.15, 0.2) is 0 Å². The zero-order valence-corrected chi connectivity index (χ0v) is 10.4. The Bertz CT molecular complexity index is 444. The maximum absolute atomic E-state index is 12.7. The monoisotopic (exact) mass is 253 g/mol. The van der Waals surface area contributed by atoms with E-state index in [0.717, 1.165) is 0 Å². The van der Waals surface area contributed by atoms with Crippen LogP contribution in [0.5, 0.6) is 0 Å². The number of carboxylic acids is 1. The second kappa shape index (κ2) is 5.62. The lowest BCUT2D eigenvalue weighted by atomic mass is 9.94. The molecule has 1 unspecified atom stereocenters. The largest absolute Gasteiger partial charge is 0.481 e. The van der Waals surface area contributed by atoms with Gasteiger partial charge in [-0.2, -0.15) is 0 Å². The summed E-state index contributed by atoms with van der Waals surface area (Å²) >= 11 is 0. The van der Waals surface area contributed by atoms with Gasteiger partial charge >= 0.3 is 5.97 Å². The van der Waals surface area contributed by atoms with Crippen molar-refractivity contribution in [1.29, 1.82) is 0 Å². The fourth-order valence-electron chi connectivity index (χ4n) is 1.54. The molecule has 1 aromatic rings. The second-order valence-electron chi connectivity index (χ2n) is 4.45. The van der Waals surface area contributed by atoms with E-state index in [1.165, 1.54) is 24.3 Å². The van der Waals surface area contributed by atoms with Gasteiger partial charge in [-0.15, -0.1) is 0 Å². The molecule has 1 rings (SSSR count). The summed E-state index contributed by atoms with van der Waals surface area (Å²) in [6.45, 7) is 3.47. The summed E-state index contributed by atoms with van der Waals surface area (Å²) in [5.41, 5.74) is -0.501. The summed E-state index contributed by atoms with van der Waals surface area (Å²) in [6.07, 6.45) is 0.336. The van der Waals surface area contributed by atoms with Gasteiger partial charge in [0.05, 0.1) is 6.42 Å². The molecule has 4 nitrogen and oxygen atoms in total. The average molecular weight is 253 g/mol. The Morgan fingerprint density at radius 1 is 1.33 bits per heavy atom. The molecular formula is C13H16FNO3. The number of nitrogens with one attached hydrogen (secondary N) is 1. The Hall–Kier alpha value is -1.91. The molecule has 0 saturated carbocycles. The average Bonchev–Trinajstić information content (AvgIpc) is 2.28. The minimum absolute atomic E-state index is 0.156. The number of aliphatic carboxylic acids is 1. The fraction of sp³-hybridized carbons (Fsp3) is 0.385. The van der Waals surface area contributed by atoms with Crippen LogP contribution in [0.15, 0.2) is 24.3 Å². The third-order valence-corrected chi connectivity index (χ3v) is 2.84. The van der Waals surface area contributed by atoms with Gasteiger partial charge in [0.2, 0.25) is 0 Å². The maximum Gasteiger partial charge on any atom is 0.305 e. The van der Waals surface area contributed by atoms with Crippen molar-refractivity contribution in [2.24, 2.45) is 0 Å². The lowest BCUT2D eigenvalue weighted by Crippen LogP contribution is -2.47. The quantitative estimate of drug-likeness (QED) is 0.845. The van der Waals surface area contributed by atoms with Crippen molar-refractivity contribution in [2.75, 3.05) is 0 Å². The Labute approximate surface area is 105 Å². The van der Waals surface area contributed by atoms with Crippen molar-refractivity contribution in [2.45, 2.75) is 32.2 Å². The minimum atomic E-state index is -0.973. The van der Waals surface area contributed by atoms with Crippen molar-refractivity contribution in [1.82, 2.24) is 5.32 Å². The fourth-order valence-corrected chi connectivity index (χ4v) is 1.54. The van der Waals surface area contributed by atoms with Gasteiger partial charge in [-0.3, -0.25) is 9.59 Å². The first-order valence-corrected chi connectivity index (χ1v) is 5.66. The lowest BCUT2D eigenvalue weighted by Gasteiger charge is -2.27. The van der Waals surface area contributed by atoms with E-state index in [1.54, 1.807) is 13.8 Å². The third-order valence-electron chi connectivity index (χ3n) is 2.84.